The van der Waals surface area contributed by atoms with Gasteiger partial charge in [-0.1, -0.05) is 30.3 Å². The summed E-state index contributed by atoms with van der Waals surface area (Å²) in [6.07, 6.45) is 0. The maximum Gasteiger partial charge on any atom is 0.255 e. The molecule has 3 amide bonds. The molecule has 3 aromatic rings. The number of benzene rings is 3. The van der Waals surface area contributed by atoms with Crippen molar-refractivity contribution in [1.82, 2.24) is 5.32 Å². The molecule has 0 saturated carbocycles. The Balaban J connectivity index is 1.69. The van der Waals surface area contributed by atoms with Gasteiger partial charge in [0.25, 0.3) is 17.7 Å². The molecule has 6 heteroatoms. The summed E-state index contributed by atoms with van der Waals surface area (Å²) in [5, 5.41) is 8.49. The molecule has 0 bridgehead atoms. The molecular formula is C25H25N3O3. The fourth-order valence-corrected chi connectivity index (χ4v) is 2.89. The van der Waals surface area contributed by atoms with Crippen LogP contribution in [-0.4, -0.2) is 23.3 Å². The van der Waals surface area contributed by atoms with Gasteiger partial charge in [0.2, 0.25) is 0 Å². The lowest BCUT2D eigenvalue weighted by atomic mass is 10.1. The van der Waals surface area contributed by atoms with Gasteiger partial charge in [-0.2, -0.15) is 0 Å². The maximum absolute atomic E-state index is 12.7. The molecule has 6 nitrogen and oxygen atoms in total. The largest absolute Gasteiger partial charge is 0.347 e. The predicted molar refractivity (Wildman–Crippen MR) is 122 cm³/mol. The SMILES string of the molecule is CC(C)(C)NC(=O)c1ccccc1NC(=O)c1ccc(NC(=O)c2ccccc2)cc1. The van der Waals surface area contributed by atoms with E-state index in [1.165, 1.54) is 0 Å². The number of carbonyl (C=O) groups excluding carboxylic acids is 3. The van der Waals surface area contributed by atoms with Crippen LogP contribution < -0.4 is 16.0 Å². The van der Waals surface area contributed by atoms with Crippen LogP contribution in [0.3, 0.4) is 0 Å². The molecule has 0 aromatic heterocycles. The number of carbonyl (C=O) groups is 3. The van der Waals surface area contributed by atoms with Gasteiger partial charge in [0.05, 0.1) is 11.3 Å². The summed E-state index contributed by atoms with van der Waals surface area (Å²) in [7, 11) is 0. The first-order valence-corrected chi connectivity index (χ1v) is 9.92. The van der Waals surface area contributed by atoms with E-state index in [1.54, 1.807) is 72.8 Å². The zero-order valence-corrected chi connectivity index (χ0v) is 17.7. The molecule has 0 radical (unpaired) electrons. The second kappa shape index (κ2) is 9.26. The van der Waals surface area contributed by atoms with Crippen LogP contribution in [-0.2, 0) is 0 Å². The van der Waals surface area contributed by atoms with Crippen LogP contribution in [0, 0.1) is 0 Å². The van der Waals surface area contributed by atoms with Gasteiger partial charge in [-0.05, 0) is 69.3 Å². The lowest BCUT2D eigenvalue weighted by Crippen LogP contribution is -2.40. The summed E-state index contributed by atoms with van der Waals surface area (Å²) < 4.78 is 0. The van der Waals surface area contributed by atoms with Crippen LogP contribution in [0.15, 0.2) is 78.9 Å². The van der Waals surface area contributed by atoms with Crippen LogP contribution in [0.4, 0.5) is 11.4 Å². The summed E-state index contributed by atoms with van der Waals surface area (Å²) in [5.41, 5.74) is 1.95. The van der Waals surface area contributed by atoms with Crippen molar-refractivity contribution in [2.45, 2.75) is 26.3 Å². The Labute approximate surface area is 181 Å². The Bertz CT molecular complexity index is 1090. The first-order chi connectivity index (χ1) is 14.7. The van der Waals surface area contributed by atoms with Crippen LogP contribution in [0.25, 0.3) is 0 Å². The first kappa shape index (κ1) is 21.8. The van der Waals surface area contributed by atoms with Crippen molar-refractivity contribution in [3.63, 3.8) is 0 Å². The van der Waals surface area contributed by atoms with E-state index in [-0.39, 0.29) is 17.7 Å². The van der Waals surface area contributed by atoms with Crippen molar-refractivity contribution < 1.29 is 14.4 Å². The van der Waals surface area contributed by atoms with E-state index < -0.39 is 5.54 Å². The fourth-order valence-electron chi connectivity index (χ4n) is 2.89. The Kier molecular flexibility index (Phi) is 6.50. The summed E-state index contributed by atoms with van der Waals surface area (Å²) >= 11 is 0. The minimum absolute atomic E-state index is 0.225. The molecule has 158 valence electrons. The van der Waals surface area contributed by atoms with Crippen molar-refractivity contribution in [3.05, 3.63) is 95.6 Å². The predicted octanol–water partition coefficient (Wildman–Crippen LogP) is 4.72. The Morgan fingerprint density at radius 1 is 0.613 bits per heavy atom. The van der Waals surface area contributed by atoms with E-state index in [0.717, 1.165) is 0 Å². The topological polar surface area (TPSA) is 87.3 Å². The highest BCUT2D eigenvalue weighted by atomic mass is 16.2. The van der Waals surface area contributed by atoms with Gasteiger partial charge < -0.3 is 16.0 Å². The summed E-state index contributed by atoms with van der Waals surface area (Å²) in [6, 6.07) is 22.3. The van der Waals surface area contributed by atoms with Gasteiger partial charge in [-0.15, -0.1) is 0 Å². The van der Waals surface area contributed by atoms with Crippen molar-refractivity contribution >= 4 is 29.1 Å². The number of para-hydroxylation sites is 1. The second-order valence-electron chi connectivity index (χ2n) is 8.10. The minimum Gasteiger partial charge on any atom is -0.347 e. The molecular weight excluding hydrogens is 390 g/mol. The van der Waals surface area contributed by atoms with Gasteiger partial charge in [0.15, 0.2) is 0 Å². The lowest BCUT2D eigenvalue weighted by Gasteiger charge is -2.21. The molecule has 3 rings (SSSR count). The normalized spacial score (nSPS) is 10.8. The summed E-state index contributed by atoms with van der Waals surface area (Å²) in [5.74, 6) is -0.837. The highest BCUT2D eigenvalue weighted by Gasteiger charge is 2.19. The highest BCUT2D eigenvalue weighted by molar-refractivity contribution is 6.09. The Morgan fingerprint density at radius 2 is 1.16 bits per heavy atom. The van der Waals surface area contributed by atoms with Crippen molar-refractivity contribution in [1.29, 1.82) is 0 Å². The molecule has 31 heavy (non-hydrogen) atoms. The smallest absolute Gasteiger partial charge is 0.255 e. The fraction of sp³-hybridized carbons (Fsp3) is 0.160. The van der Waals surface area contributed by atoms with Gasteiger partial charge in [-0.25, -0.2) is 0 Å². The Morgan fingerprint density at radius 3 is 1.81 bits per heavy atom. The summed E-state index contributed by atoms with van der Waals surface area (Å²) in [6.45, 7) is 5.68. The lowest BCUT2D eigenvalue weighted by molar-refractivity contribution is 0.0919. The average molecular weight is 415 g/mol. The number of anilines is 2. The van der Waals surface area contributed by atoms with Crippen molar-refractivity contribution in [2.24, 2.45) is 0 Å². The standard InChI is InChI=1S/C25H25N3O3/c1-25(2,3)28-24(31)20-11-7-8-12-21(20)27-23(30)18-13-15-19(16-14-18)26-22(29)17-9-5-4-6-10-17/h4-16H,1-3H3,(H,26,29)(H,27,30)(H,28,31). The monoisotopic (exact) mass is 415 g/mol. The van der Waals surface area contributed by atoms with Gasteiger partial charge >= 0.3 is 0 Å². The third-order valence-corrected chi connectivity index (χ3v) is 4.35. The number of hydrogen-bond donors (Lipinski definition) is 3. The number of hydrogen-bond acceptors (Lipinski definition) is 3. The van der Waals surface area contributed by atoms with Crippen molar-refractivity contribution in [2.75, 3.05) is 10.6 Å². The zero-order valence-electron chi connectivity index (χ0n) is 17.7. The number of amides is 3. The highest BCUT2D eigenvalue weighted by Crippen LogP contribution is 2.18. The van der Waals surface area contributed by atoms with E-state index in [2.05, 4.69) is 16.0 Å². The summed E-state index contributed by atoms with van der Waals surface area (Å²) in [4.78, 5) is 37.5. The molecule has 3 N–H and O–H groups in total. The maximum atomic E-state index is 12.7. The first-order valence-electron chi connectivity index (χ1n) is 9.92. The average Bonchev–Trinajstić information content (AvgIpc) is 2.74. The molecule has 0 atom stereocenters. The third-order valence-electron chi connectivity index (χ3n) is 4.35. The molecule has 0 fully saturated rings. The number of rotatable bonds is 5. The second-order valence-corrected chi connectivity index (χ2v) is 8.10. The van der Waals surface area contributed by atoms with Gasteiger partial charge in [-0.3, -0.25) is 14.4 Å². The molecule has 0 spiro atoms. The quantitative estimate of drug-likeness (QED) is 0.563. The van der Waals surface area contributed by atoms with Gasteiger partial charge in [0.1, 0.15) is 0 Å². The third kappa shape index (κ3) is 6.02. The molecule has 0 aliphatic rings. The van der Waals surface area contributed by atoms with E-state index in [4.69, 9.17) is 0 Å². The number of nitrogens with one attached hydrogen (secondary N) is 3. The van der Waals surface area contributed by atoms with Crippen LogP contribution in [0.2, 0.25) is 0 Å². The molecule has 0 aliphatic carbocycles. The minimum atomic E-state index is -0.395. The van der Waals surface area contributed by atoms with Gasteiger partial charge in [0, 0.05) is 22.4 Å². The van der Waals surface area contributed by atoms with Crippen molar-refractivity contribution in [3.8, 4) is 0 Å². The molecule has 0 heterocycles. The van der Waals surface area contributed by atoms with E-state index >= 15 is 0 Å². The van der Waals surface area contributed by atoms with Crippen LogP contribution in [0.1, 0.15) is 51.8 Å². The van der Waals surface area contributed by atoms with Crippen LogP contribution >= 0.6 is 0 Å². The molecule has 0 unspecified atom stereocenters. The van der Waals surface area contributed by atoms with E-state index in [1.807, 2.05) is 26.8 Å². The van der Waals surface area contributed by atoms with E-state index in [0.29, 0.717) is 28.1 Å². The van der Waals surface area contributed by atoms with Crippen LogP contribution in [0.5, 0.6) is 0 Å². The zero-order chi connectivity index (χ0) is 22.4. The molecule has 0 aliphatic heterocycles. The van der Waals surface area contributed by atoms with E-state index in [9.17, 15) is 14.4 Å². The Hall–Kier alpha value is -3.93. The molecule has 0 saturated heterocycles. The molecule has 3 aromatic carbocycles.